The van der Waals surface area contributed by atoms with Crippen LogP contribution < -0.4 is 0 Å². The van der Waals surface area contributed by atoms with Gasteiger partial charge in [0.2, 0.25) is 0 Å². The van der Waals surface area contributed by atoms with E-state index in [4.69, 9.17) is 15.5 Å². The molecule has 0 aromatic heterocycles. The molecule has 0 atom stereocenters. The van der Waals surface area contributed by atoms with Crippen LogP contribution in [0.1, 0.15) is 21.5 Å². The van der Waals surface area contributed by atoms with Crippen LogP contribution in [0.25, 0.3) is 0 Å². The number of aromatic hydroxyl groups is 1. The molecule has 1 aromatic rings. The molecule has 4 nitrogen and oxygen atoms in total. The number of rotatable bonds is 1. The lowest BCUT2D eigenvalue weighted by Gasteiger charge is -2.03. The Balaban J connectivity index is 3.47. The summed E-state index contributed by atoms with van der Waals surface area (Å²) >= 11 is 0. The van der Waals surface area contributed by atoms with Gasteiger partial charge in [-0.05, 0) is 24.6 Å². The summed E-state index contributed by atoms with van der Waals surface area (Å²) in [6.07, 6.45) is 0. The lowest BCUT2D eigenvalue weighted by molar-refractivity contribution is 0.0695. The van der Waals surface area contributed by atoms with Crippen molar-refractivity contribution in [1.82, 2.24) is 0 Å². The van der Waals surface area contributed by atoms with E-state index in [1.807, 2.05) is 6.07 Å². The fourth-order valence-electron chi connectivity index (χ4n) is 1.04. The molecule has 66 valence electrons. The predicted octanol–water partition coefficient (Wildman–Crippen LogP) is 1.27. The lowest BCUT2D eigenvalue weighted by Crippen LogP contribution is -2.01. The molecule has 1 rings (SSSR count). The van der Waals surface area contributed by atoms with Crippen LogP contribution in [0.2, 0.25) is 0 Å². The highest BCUT2D eigenvalue weighted by atomic mass is 16.4. The Labute approximate surface area is 74.7 Å². The summed E-state index contributed by atoms with van der Waals surface area (Å²) in [4.78, 5) is 10.6. The standard InChI is InChI=1S/C9H7NO3/c1-5-6(4-10)2-7(11)3-8(5)9(12)13/h2-3,11H,1H3,(H,12,13). The van der Waals surface area contributed by atoms with E-state index < -0.39 is 5.97 Å². The minimum atomic E-state index is -1.15. The van der Waals surface area contributed by atoms with Gasteiger partial charge in [-0.25, -0.2) is 4.79 Å². The Hall–Kier alpha value is -2.02. The molecule has 0 bridgehead atoms. The number of hydrogen-bond acceptors (Lipinski definition) is 3. The third-order valence-corrected chi connectivity index (χ3v) is 1.74. The van der Waals surface area contributed by atoms with Crippen molar-refractivity contribution in [3.8, 4) is 11.8 Å². The third-order valence-electron chi connectivity index (χ3n) is 1.74. The maximum atomic E-state index is 10.6. The first-order valence-corrected chi connectivity index (χ1v) is 3.53. The van der Waals surface area contributed by atoms with E-state index in [9.17, 15) is 4.79 Å². The maximum Gasteiger partial charge on any atom is 0.336 e. The highest BCUT2D eigenvalue weighted by Gasteiger charge is 2.11. The van der Waals surface area contributed by atoms with Gasteiger partial charge in [-0.15, -0.1) is 0 Å². The SMILES string of the molecule is Cc1c(C#N)cc(O)cc1C(=O)O. The molecule has 0 aliphatic carbocycles. The normalized spacial score (nSPS) is 9.23. The van der Waals surface area contributed by atoms with Gasteiger partial charge >= 0.3 is 5.97 Å². The molecule has 0 amide bonds. The van der Waals surface area contributed by atoms with Crippen molar-refractivity contribution in [3.63, 3.8) is 0 Å². The number of carboxylic acid groups (broad SMARTS) is 1. The molecule has 0 aliphatic rings. The molecule has 0 unspecified atom stereocenters. The molecular weight excluding hydrogens is 170 g/mol. The van der Waals surface area contributed by atoms with Gasteiger partial charge in [-0.2, -0.15) is 5.26 Å². The summed E-state index contributed by atoms with van der Waals surface area (Å²) in [6, 6.07) is 4.17. The number of aromatic carboxylic acids is 1. The molecule has 4 heteroatoms. The first-order chi connectivity index (χ1) is 6.06. The molecule has 0 spiro atoms. The summed E-state index contributed by atoms with van der Waals surface area (Å²) in [5.41, 5.74) is 0.502. The zero-order chi connectivity index (χ0) is 10.0. The van der Waals surface area contributed by atoms with E-state index in [0.29, 0.717) is 5.56 Å². The molecule has 0 aliphatic heterocycles. The van der Waals surface area contributed by atoms with Crippen molar-refractivity contribution in [2.24, 2.45) is 0 Å². The van der Waals surface area contributed by atoms with E-state index in [0.717, 1.165) is 6.07 Å². The first-order valence-electron chi connectivity index (χ1n) is 3.53. The second-order valence-electron chi connectivity index (χ2n) is 2.58. The third kappa shape index (κ3) is 1.59. The Kier molecular flexibility index (Phi) is 2.20. The second kappa shape index (κ2) is 3.15. The number of benzene rings is 1. The van der Waals surface area contributed by atoms with Crippen LogP contribution in [0.3, 0.4) is 0 Å². The largest absolute Gasteiger partial charge is 0.508 e. The van der Waals surface area contributed by atoms with Crippen LogP contribution in [0, 0.1) is 18.3 Å². The van der Waals surface area contributed by atoms with Crippen LogP contribution in [-0.4, -0.2) is 16.2 Å². The van der Waals surface area contributed by atoms with E-state index >= 15 is 0 Å². The molecule has 0 saturated carbocycles. The van der Waals surface area contributed by atoms with Crippen LogP contribution in [0.15, 0.2) is 12.1 Å². The van der Waals surface area contributed by atoms with Gasteiger partial charge in [0, 0.05) is 0 Å². The predicted molar refractivity (Wildman–Crippen MR) is 44.5 cm³/mol. The van der Waals surface area contributed by atoms with E-state index in [2.05, 4.69) is 0 Å². The number of nitrogens with zero attached hydrogens (tertiary/aromatic N) is 1. The van der Waals surface area contributed by atoms with E-state index in [-0.39, 0.29) is 16.9 Å². The Morgan fingerprint density at radius 3 is 2.62 bits per heavy atom. The second-order valence-corrected chi connectivity index (χ2v) is 2.58. The van der Waals surface area contributed by atoms with Gasteiger partial charge in [0.25, 0.3) is 0 Å². The summed E-state index contributed by atoms with van der Waals surface area (Å²) in [5.74, 6) is -1.36. The fraction of sp³-hybridized carbons (Fsp3) is 0.111. The zero-order valence-electron chi connectivity index (χ0n) is 6.90. The van der Waals surface area contributed by atoms with Crippen molar-refractivity contribution in [1.29, 1.82) is 5.26 Å². The fourth-order valence-corrected chi connectivity index (χ4v) is 1.04. The molecule has 0 saturated heterocycles. The summed E-state index contributed by atoms with van der Waals surface area (Å²) in [7, 11) is 0. The van der Waals surface area contributed by atoms with Crippen LogP contribution in [0.4, 0.5) is 0 Å². The zero-order valence-corrected chi connectivity index (χ0v) is 6.90. The topological polar surface area (TPSA) is 81.3 Å². The molecule has 0 radical (unpaired) electrons. The lowest BCUT2D eigenvalue weighted by atomic mass is 10.0. The van der Waals surface area contributed by atoms with Gasteiger partial charge in [0.05, 0.1) is 17.2 Å². The summed E-state index contributed by atoms with van der Waals surface area (Å²) in [6.45, 7) is 1.53. The first kappa shape index (κ1) is 9.07. The Bertz CT molecular complexity index is 404. The minimum Gasteiger partial charge on any atom is -0.508 e. The van der Waals surface area contributed by atoms with Gasteiger partial charge in [-0.3, -0.25) is 0 Å². The van der Waals surface area contributed by atoms with Gasteiger partial charge < -0.3 is 10.2 Å². The van der Waals surface area contributed by atoms with Gasteiger partial charge in [-0.1, -0.05) is 0 Å². The number of phenols is 1. The molecule has 1 aromatic carbocycles. The molecule has 13 heavy (non-hydrogen) atoms. The molecule has 0 heterocycles. The van der Waals surface area contributed by atoms with Gasteiger partial charge in [0.15, 0.2) is 0 Å². The van der Waals surface area contributed by atoms with Gasteiger partial charge in [0.1, 0.15) is 5.75 Å². The van der Waals surface area contributed by atoms with Crippen molar-refractivity contribution >= 4 is 5.97 Å². The van der Waals surface area contributed by atoms with Crippen molar-refractivity contribution < 1.29 is 15.0 Å². The Morgan fingerprint density at radius 1 is 1.54 bits per heavy atom. The maximum absolute atomic E-state index is 10.6. The molecular formula is C9H7NO3. The number of hydrogen-bond donors (Lipinski definition) is 2. The van der Waals surface area contributed by atoms with Crippen molar-refractivity contribution in [2.45, 2.75) is 6.92 Å². The summed E-state index contributed by atoms with van der Waals surface area (Å²) in [5, 5.41) is 26.4. The summed E-state index contributed by atoms with van der Waals surface area (Å²) < 4.78 is 0. The number of carboxylic acids is 1. The average Bonchev–Trinajstić information content (AvgIpc) is 2.08. The van der Waals surface area contributed by atoms with Crippen LogP contribution >= 0.6 is 0 Å². The highest BCUT2D eigenvalue weighted by Crippen LogP contribution is 2.20. The Morgan fingerprint density at radius 2 is 2.15 bits per heavy atom. The quantitative estimate of drug-likeness (QED) is 0.676. The number of carbonyl (C=O) groups is 1. The molecule has 2 N–H and O–H groups in total. The number of nitriles is 1. The van der Waals surface area contributed by atoms with E-state index in [1.165, 1.54) is 13.0 Å². The van der Waals surface area contributed by atoms with Crippen LogP contribution in [0.5, 0.6) is 5.75 Å². The highest BCUT2D eigenvalue weighted by molar-refractivity contribution is 5.90. The average molecular weight is 177 g/mol. The van der Waals surface area contributed by atoms with E-state index in [1.54, 1.807) is 0 Å². The van der Waals surface area contributed by atoms with Crippen molar-refractivity contribution in [2.75, 3.05) is 0 Å². The minimum absolute atomic E-state index is 0.0449. The molecule has 0 fully saturated rings. The smallest absolute Gasteiger partial charge is 0.336 e. The monoisotopic (exact) mass is 177 g/mol. The van der Waals surface area contributed by atoms with Crippen molar-refractivity contribution in [3.05, 3.63) is 28.8 Å². The van der Waals surface area contributed by atoms with Crippen LogP contribution in [-0.2, 0) is 0 Å². The number of phenolic OH excluding ortho intramolecular Hbond substituents is 1.